The van der Waals surface area contributed by atoms with Gasteiger partial charge in [-0.05, 0) is 23.8 Å². The van der Waals surface area contributed by atoms with E-state index in [1.165, 1.54) is 5.56 Å². The molecular formula is C18H20N2O2. The Morgan fingerprint density at radius 3 is 2.77 bits per heavy atom. The number of aliphatic hydroxyl groups excluding tert-OH is 1. The van der Waals surface area contributed by atoms with Crippen molar-refractivity contribution < 1.29 is 9.84 Å². The van der Waals surface area contributed by atoms with E-state index in [2.05, 4.69) is 22.4 Å². The summed E-state index contributed by atoms with van der Waals surface area (Å²) >= 11 is 0. The molecule has 0 spiro atoms. The molecule has 114 valence electrons. The molecule has 0 saturated heterocycles. The fourth-order valence-corrected chi connectivity index (χ4v) is 2.41. The highest BCUT2D eigenvalue weighted by Gasteiger charge is 2.07. The molecule has 1 unspecified atom stereocenters. The van der Waals surface area contributed by atoms with Crippen LogP contribution in [0.4, 0.5) is 0 Å². The van der Waals surface area contributed by atoms with Crippen LogP contribution < -0.4 is 10.1 Å². The molecule has 0 bridgehead atoms. The van der Waals surface area contributed by atoms with E-state index in [-0.39, 0.29) is 6.61 Å². The highest BCUT2D eigenvalue weighted by atomic mass is 16.5. The van der Waals surface area contributed by atoms with Crippen molar-refractivity contribution in [3.8, 4) is 5.75 Å². The third-order valence-electron chi connectivity index (χ3n) is 3.54. The second-order valence-electron chi connectivity index (χ2n) is 5.28. The van der Waals surface area contributed by atoms with Crippen molar-refractivity contribution in [2.24, 2.45) is 0 Å². The Morgan fingerprint density at radius 2 is 1.91 bits per heavy atom. The maximum absolute atomic E-state index is 10.0. The molecule has 0 aliphatic heterocycles. The summed E-state index contributed by atoms with van der Waals surface area (Å²) in [6.07, 6.45) is 1.34. The third kappa shape index (κ3) is 3.67. The summed E-state index contributed by atoms with van der Waals surface area (Å²) in [4.78, 5) is 3.15. The van der Waals surface area contributed by atoms with E-state index in [1.807, 2.05) is 48.7 Å². The number of benzene rings is 2. The van der Waals surface area contributed by atoms with E-state index in [0.29, 0.717) is 6.54 Å². The number of hydrogen-bond donors (Lipinski definition) is 3. The fourth-order valence-electron chi connectivity index (χ4n) is 2.41. The summed E-state index contributed by atoms with van der Waals surface area (Å²) in [5, 5.41) is 14.3. The smallest absolute Gasteiger partial charge is 0.128 e. The molecule has 0 fully saturated rings. The quantitative estimate of drug-likeness (QED) is 0.628. The summed E-state index contributed by atoms with van der Waals surface area (Å²) in [6, 6.07) is 18.0. The summed E-state index contributed by atoms with van der Waals surface area (Å²) in [7, 11) is 0. The lowest BCUT2D eigenvalue weighted by atomic mass is 10.2. The van der Waals surface area contributed by atoms with Gasteiger partial charge in [0.15, 0.2) is 0 Å². The molecule has 1 atom stereocenters. The van der Waals surface area contributed by atoms with Gasteiger partial charge in [0, 0.05) is 30.2 Å². The molecule has 4 heteroatoms. The van der Waals surface area contributed by atoms with Gasteiger partial charge in [-0.25, -0.2) is 0 Å². The van der Waals surface area contributed by atoms with E-state index in [0.717, 1.165) is 23.2 Å². The summed E-state index contributed by atoms with van der Waals surface area (Å²) < 4.78 is 5.73. The minimum Gasteiger partial charge on any atom is -0.490 e. The Morgan fingerprint density at radius 1 is 1.05 bits per heavy atom. The maximum Gasteiger partial charge on any atom is 0.128 e. The largest absolute Gasteiger partial charge is 0.490 e. The molecule has 1 aromatic heterocycles. The van der Waals surface area contributed by atoms with Crippen molar-refractivity contribution in [1.82, 2.24) is 10.3 Å². The van der Waals surface area contributed by atoms with Gasteiger partial charge in [-0.2, -0.15) is 0 Å². The van der Waals surface area contributed by atoms with Crippen LogP contribution in [0.25, 0.3) is 10.9 Å². The van der Waals surface area contributed by atoms with Crippen molar-refractivity contribution in [3.05, 3.63) is 66.4 Å². The van der Waals surface area contributed by atoms with Crippen molar-refractivity contribution >= 4 is 10.9 Å². The highest BCUT2D eigenvalue weighted by Crippen LogP contribution is 2.24. The molecule has 0 saturated carbocycles. The second-order valence-corrected chi connectivity index (χ2v) is 5.28. The van der Waals surface area contributed by atoms with Crippen molar-refractivity contribution in [2.45, 2.75) is 12.6 Å². The standard InChI is InChI=1S/C18H20N2O2/c21-15(12-19-11-14-5-2-1-3-6-14)13-22-18-8-4-7-17-16(18)9-10-20-17/h1-10,15,19-21H,11-13H2. The monoisotopic (exact) mass is 296 g/mol. The van der Waals surface area contributed by atoms with Crippen LogP contribution in [-0.4, -0.2) is 29.3 Å². The van der Waals surface area contributed by atoms with E-state index in [4.69, 9.17) is 4.74 Å². The predicted molar refractivity (Wildman–Crippen MR) is 87.9 cm³/mol. The fraction of sp³-hybridized carbons (Fsp3) is 0.222. The van der Waals surface area contributed by atoms with Gasteiger partial charge in [-0.1, -0.05) is 36.4 Å². The highest BCUT2D eigenvalue weighted by molar-refractivity contribution is 5.85. The van der Waals surface area contributed by atoms with E-state index in [9.17, 15) is 5.11 Å². The van der Waals surface area contributed by atoms with Crippen LogP contribution in [0.3, 0.4) is 0 Å². The number of aromatic amines is 1. The zero-order valence-corrected chi connectivity index (χ0v) is 12.3. The molecule has 0 aliphatic rings. The number of ether oxygens (including phenoxy) is 1. The lowest BCUT2D eigenvalue weighted by molar-refractivity contribution is 0.107. The summed E-state index contributed by atoms with van der Waals surface area (Å²) in [5.41, 5.74) is 2.24. The number of hydrogen-bond acceptors (Lipinski definition) is 3. The molecule has 0 amide bonds. The lowest BCUT2D eigenvalue weighted by Gasteiger charge is -2.14. The van der Waals surface area contributed by atoms with Crippen LogP contribution in [0, 0.1) is 0 Å². The number of aliphatic hydroxyl groups is 1. The molecule has 3 N–H and O–H groups in total. The van der Waals surface area contributed by atoms with E-state index in [1.54, 1.807) is 0 Å². The minimum atomic E-state index is -0.544. The van der Waals surface area contributed by atoms with E-state index < -0.39 is 6.10 Å². The van der Waals surface area contributed by atoms with Gasteiger partial charge in [0.1, 0.15) is 18.5 Å². The number of rotatable bonds is 7. The molecule has 3 aromatic rings. The SMILES string of the molecule is OC(CNCc1ccccc1)COc1cccc2[nH]ccc12. The minimum absolute atomic E-state index is 0.270. The van der Waals surface area contributed by atoms with Gasteiger partial charge in [0.05, 0.1) is 0 Å². The predicted octanol–water partition coefficient (Wildman–Crippen LogP) is 2.70. The van der Waals surface area contributed by atoms with Gasteiger partial charge in [-0.15, -0.1) is 0 Å². The van der Waals surface area contributed by atoms with Crippen LogP contribution in [-0.2, 0) is 6.54 Å². The molecule has 0 aliphatic carbocycles. The van der Waals surface area contributed by atoms with Crippen molar-refractivity contribution in [3.63, 3.8) is 0 Å². The Labute approximate surface area is 129 Å². The zero-order chi connectivity index (χ0) is 15.2. The summed E-state index contributed by atoms with van der Waals surface area (Å²) in [5.74, 6) is 0.792. The Kier molecular flexibility index (Phi) is 4.73. The topological polar surface area (TPSA) is 57.3 Å². The van der Waals surface area contributed by atoms with Crippen LogP contribution in [0.2, 0.25) is 0 Å². The van der Waals surface area contributed by atoms with Crippen LogP contribution in [0.15, 0.2) is 60.8 Å². The first-order chi connectivity index (χ1) is 10.8. The van der Waals surface area contributed by atoms with Gasteiger partial charge >= 0.3 is 0 Å². The number of aromatic nitrogens is 1. The van der Waals surface area contributed by atoms with Gasteiger partial charge < -0.3 is 20.1 Å². The lowest BCUT2D eigenvalue weighted by Crippen LogP contribution is -2.31. The van der Waals surface area contributed by atoms with Crippen LogP contribution in [0.1, 0.15) is 5.56 Å². The number of H-pyrrole nitrogens is 1. The van der Waals surface area contributed by atoms with Crippen LogP contribution in [0.5, 0.6) is 5.75 Å². The van der Waals surface area contributed by atoms with Crippen LogP contribution >= 0.6 is 0 Å². The normalized spacial score (nSPS) is 12.4. The summed E-state index contributed by atoms with van der Waals surface area (Å²) in [6.45, 7) is 1.51. The maximum atomic E-state index is 10.0. The number of fused-ring (bicyclic) bond motifs is 1. The molecule has 22 heavy (non-hydrogen) atoms. The molecule has 1 heterocycles. The zero-order valence-electron chi connectivity index (χ0n) is 12.3. The van der Waals surface area contributed by atoms with Crippen molar-refractivity contribution in [2.75, 3.05) is 13.2 Å². The molecule has 3 rings (SSSR count). The first-order valence-corrected chi connectivity index (χ1v) is 7.44. The molecule has 0 radical (unpaired) electrons. The molecule has 4 nitrogen and oxygen atoms in total. The third-order valence-corrected chi connectivity index (χ3v) is 3.54. The Balaban J connectivity index is 1.46. The van der Waals surface area contributed by atoms with Gasteiger partial charge in [-0.3, -0.25) is 0 Å². The Bertz CT molecular complexity index is 709. The van der Waals surface area contributed by atoms with Crippen molar-refractivity contribution in [1.29, 1.82) is 0 Å². The van der Waals surface area contributed by atoms with Gasteiger partial charge in [0.25, 0.3) is 0 Å². The first kappa shape index (κ1) is 14.6. The Hall–Kier alpha value is -2.30. The second kappa shape index (κ2) is 7.11. The van der Waals surface area contributed by atoms with Gasteiger partial charge in [0.2, 0.25) is 0 Å². The molecular weight excluding hydrogens is 276 g/mol. The average molecular weight is 296 g/mol. The first-order valence-electron chi connectivity index (χ1n) is 7.44. The molecule has 2 aromatic carbocycles. The number of nitrogens with one attached hydrogen (secondary N) is 2. The average Bonchev–Trinajstić information content (AvgIpc) is 3.03. The van der Waals surface area contributed by atoms with E-state index >= 15 is 0 Å².